The Morgan fingerprint density at radius 1 is 0.824 bits per heavy atom. The molecule has 0 saturated heterocycles. The lowest BCUT2D eigenvalue weighted by molar-refractivity contribution is -0.139. The number of nitrogens with one attached hydrogen (secondary N) is 1. The molecular formula is C29H34N2O2S. The van der Waals surface area contributed by atoms with Gasteiger partial charge in [0.05, 0.1) is 5.75 Å². The number of nitrogens with zero attached hydrogens (tertiary/aromatic N) is 1. The summed E-state index contributed by atoms with van der Waals surface area (Å²) in [6.07, 6.45) is 2.41. The first-order valence-electron chi connectivity index (χ1n) is 11.9. The summed E-state index contributed by atoms with van der Waals surface area (Å²) in [5.41, 5.74) is 3.25. The smallest absolute Gasteiger partial charge is 0.243 e. The zero-order valence-electron chi connectivity index (χ0n) is 19.9. The van der Waals surface area contributed by atoms with E-state index in [4.69, 9.17) is 0 Å². The van der Waals surface area contributed by atoms with Crippen LogP contribution in [0.4, 0.5) is 0 Å². The fourth-order valence-corrected chi connectivity index (χ4v) is 4.62. The number of hydrogen-bond donors (Lipinski definition) is 1. The number of benzene rings is 3. The summed E-state index contributed by atoms with van der Waals surface area (Å²) in [7, 11) is 0. The van der Waals surface area contributed by atoms with Gasteiger partial charge < -0.3 is 10.2 Å². The molecule has 3 aromatic carbocycles. The monoisotopic (exact) mass is 474 g/mol. The Labute approximate surface area is 207 Å². The highest BCUT2D eigenvalue weighted by Crippen LogP contribution is 2.18. The molecule has 2 amide bonds. The minimum Gasteiger partial charge on any atom is -0.354 e. The maximum atomic E-state index is 13.5. The second-order valence-electron chi connectivity index (χ2n) is 8.34. The Kier molecular flexibility index (Phi) is 10.7. The van der Waals surface area contributed by atoms with Crippen molar-refractivity contribution in [2.75, 3.05) is 12.3 Å². The van der Waals surface area contributed by atoms with Crippen LogP contribution in [-0.2, 0) is 28.3 Å². The Bertz CT molecular complexity index is 996. The fraction of sp³-hybridized carbons (Fsp3) is 0.310. The zero-order chi connectivity index (χ0) is 24.0. The van der Waals surface area contributed by atoms with E-state index in [1.165, 1.54) is 5.56 Å². The number of unbranched alkanes of at least 4 members (excludes halogenated alkanes) is 1. The van der Waals surface area contributed by atoms with Gasteiger partial charge in [0.15, 0.2) is 0 Å². The highest BCUT2D eigenvalue weighted by Gasteiger charge is 2.30. The highest BCUT2D eigenvalue weighted by molar-refractivity contribution is 7.99. The van der Waals surface area contributed by atoms with Gasteiger partial charge in [-0.15, -0.1) is 11.8 Å². The highest BCUT2D eigenvalue weighted by atomic mass is 32.2. The van der Waals surface area contributed by atoms with Gasteiger partial charge in [-0.1, -0.05) is 104 Å². The number of carbonyl (C=O) groups excluding carboxylic acids is 2. The van der Waals surface area contributed by atoms with E-state index in [0.29, 0.717) is 25.3 Å². The van der Waals surface area contributed by atoms with E-state index in [1.54, 1.807) is 16.7 Å². The van der Waals surface area contributed by atoms with Crippen molar-refractivity contribution in [1.29, 1.82) is 0 Å². The van der Waals surface area contributed by atoms with Crippen LogP contribution < -0.4 is 5.32 Å². The molecule has 0 aliphatic heterocycles. The summed E-state index contributed by atoms with van der Waals surface area (Å²) in [6.45, 7) is 3.13. The molecule has 0 bridgehead atoms. The lowest BCUT2D eigenvalue weighted by atomic mass is 10.0. The lowest BCUT2D eigenvalue weighted by Gasteiger charge is -2.31. The van der Waals surface area contributed by atoms with Crippen molar-refractivity contribution in [1.82, 2.24) is 10.2 Å². The molecule has 5 heteroatoms. The quantitative estimate of drug-likeness (QED) is 0.334. The Morgan fingerprint density at radius 3 is 1.97 bits per heavy atom. The Morgan fingerprint density at radius 2 is 1.38 bits per heavy atom. The van der Waals surface area contributed by atoms with Crippen molar-refractivity contribution in [3.63, 3.8) is 0 Å². The number of rotatable bonds is 13. The number of amides is 2. The lowest BCUT2D eigenvalue weighted by Crippen LogP contribution is -2.51. The maximum Gasteiger partial charge on any atom is 0.243 e. The predicted octanol–water partition coefficient (Wildman–Crippen LogP) is 5.48. The summed E-state index contributed by atoms with van der Waals surface area (Å²) >= 11 is 1.59. The molecule has 178 valence electrons. The predicted molar refractivity (Wildman–Crippen MR) is 141 cm³/mol. The van der Waals surface area contributed by atoms with Gasteiger partial charge in [-0.3, -0.25) is 9.59 Å². The van der Waals surface area contributed by atoms with Gasteiger partial charge in [0.25, 0.3) is 0 Å². The van der Waals surface area contributed by atoms with E-state index in [1.807, 2.05) is 78.9 Å². The van der Waals surface area contributed by atoms with Crippen molar-refractivity contribution < 1.29 is 9.59 Å². The summed E-state index contributed by atoms with van der Waals surface area (Å²) in [5.74, 6) is 0.985. The number of thioether (sulfide) groups is 1. The van der Waals surface area contributed by atoms with Crippen LogP contribution in [0.2, 0.25) is 0 Å². The second kappa shape index (κ2) is 14.3. The normalized spacial score (nSPS) is 11.6. The molecule has 0 saturated carbocycles. The van der Waals surface area contributed by atoms with Crippen LogP contribution in [0.1, 0.15) is 36.5 Å². The molecule has 0 spiro atoms. The van der Waals surface area contributed by atoms with Gasteiger partial charge in [0, 0.05) is 25.3 Å². The molecule has 3 aromatic rings. The summed E-state index contributed by atoms with van der Waals surface area (Å²) in [4.78, 5) is 28.6. The molecule has 3 rings (SSSR count). The molecule has 1 N–H and O–H groups in total. The van der Waals surface area contributed by atoms with Crippen LogP contribution in [0, 0.1) is 0 Å². The standard InChI is InChI=1S/C29H34N2O2S/c1-2-3-19-30-29(33)27(20-24-13-7-4-8-14-24)31(21-25-15-9-5-10-16-25)28(32)23-34-22-26-17-11-6-12-18-26/h4-18,27H,2-3,19-23H2,1H3,(H,30,33)/t27-/m0/s1. The molecule has 1 atom stereocenters. The Balaban J connectivity index is 1.80. The number of hydrogen-bond acceptors (Lipinski definition) is 3. The van der Waals surface area contributed by atoms with Crippen molar-refractivity contribution in [2.24, 2.45) is 0 Å². The van der Waals surface area contributed by atoms with Gasteiger partial charge in [0.1, 0.15) is 6.04 Å². The topological polar surface area (TPSA) is 49.4 Å². The van der Waals surface area contributed by atoms with E-state index in [-0.39, 0.29) is 11.8 Å². The molecule has 0 aliphatic rings. The first-order chi connectivity index (χ1) is 16.7. The van der Waals surface area contributed by atoms with Crippen LogP contribution in [0.3, 0.4) is 0 Å². The first kappa shape index (κ1) is 25.6. The molecule has 0 fully saturated rings. The van der Waals surface area contributed by atoms with E-state index in [0.717, 1.165) is 29.7 Å². The molecule has 0 aromatic heterocycles. The zero-order valence-corrected chi connectivity index (χ0v) is 20.7. The van der Waals surface area contributed by atoms with E-state index in [2.05, 4.69) is 24.4 Å². The fourth-order valence-electron chi connectivity index (χ4n) is 3.75. The molecule has 0 aliphatic carbocycles. The van der Waals surface area contributed by atoms with Gasteiger partial charge >= 0.3 is 0 Å². The average molecular weight is 475 g/mol. The number of carbonyl (C=O) groups is 2. The van der Waals surface area contributed by atoms with Gasteiger partial charge in [-0.25, -0.2) is 0 Å². The molecule has 34 heavy (non-hydrogen) atoms. The van der Waals surface area contributed by atoms with Crippen LogP contribution in [0.25, 0.3) is 0 Å². The maximum absolute atomic E-state index is 13.5. The molecule has 0 unspecified atom stereocenters. The van der Waals surface area contributed by atoms with E-state index < -0.39 is 6.04 Å². The molecule has 0 heterocycles. The van der Waals surface area contributed by atoms with Crippen LogP contribution in [0.15, 0.2) is 91.0 Å². The van der Waals surface area contributed by atoms with Crippen LogP contribution >= 0.6 is 11.8 Å². The van der Waals surface area contributed by atoms with Gasteiger partial charge in [0.2, 0.25) is 11.8 Å². The molecular weight excluding hydrogens is 440 g/mol. The average Bonchev–Trinajstić information content (AvgIpc) is 2.88. The summed E-state index contributed by atoms with van der Waals surface area (Å²) in [6, 6.07) is 29.4. The van der Waals surface area contributed by atoms with Crippen molar-refractivity contribution in [3.05, 3.63) is 108 Å². The van der Waals surface area contributed by atoms with Crippen molar-refractivity contribution >= 4 is 23.6 Å². The first-order valence-corrected chi connectivity index (χ1v) is 13.1. The summed E-state index contributed by atoms with van der Waals surface area (Å²) in [5, 5.41) is 3.07. The van der Waals surface area contributed by atoms with Crippen molar-refractivity contribution in [3.8, 4) is 0 Å². The van der Waals surface area contributed by atoms with Gasteiger partial charge in [-0.2, -0.15) is 0 Å². The third-order valence-electron chi connectivity index (χ3n) is 5.63. The molecule has 4 nitrogen and oxygen atoms in total. The summed E-state index contributed by atoms with van der Waals surface area (Å²) < 4.78 is 0. The van der Waals surface area contributed by atoms with E-state index >= 15 is 0 Å². The Hall–Kier alpha value is -3.05. The molecule has 0 radical (unpaired) electrons. The largest absolute Gasteiger partial charge is 0.354 e. The SMILES string of the molecule is CCCCNC(=O)[C@H](Cc1ccccc1)N(Cc1ccccc1)C(=O)CSCc1ccccc1. The van der Waals surface area contributed by atoms with Crippen LogP contribution in [-0.4, -0.2) is 35.1 Å². The third kappa shape index (κ3) is 8.38. The second-order valence-corrected chi connectivity index (χ2v) is 9.32. The van der Waals surface area contributed by atoms with Crippen molar-refractivity contribution in [2.45, 2.75) is 44.5 Å². The minimum absolute atomic E-state index is 0.0173. The van der Waals surface area contributed by atoms with Crippen LogP contribution in [0.5, 0.6) is 0 Å². The minimum atomic E-state index is -0.565. The third-order valence-corrected chi connectivity index (χ3v) is 6.62. The van der Waals surface area contributed by atoms with E-state index in [9.17, 15) is 9.59 Å². The van der Waals surface area contributed by atoms with Gasteiger partial charge in [-0.05, 0) is 23.1 Å².